The molecule has 1 aliphatic heterocycles. The highest BCUT2D eigenvalue weighted by Crippen LogP contribution is 2.34. The zero-order valence-electron chi connectivity index (χ0n) is 17.3. The average molecular weight is 411 g/mol. The molecule has 1 unspecified atom stereocenters. The minimum absolute atomic E-state index is 0.0176. The summed E-state index contributed by atoms with van der Waals surface area (Å²) in [6.07, 6.45) is 6.21. The molecule has 9 nitrogen and oxygen atoms in total. The zero-order valence-corrected chi connectivity index (χ0v) is 17.3. The number of rotatable bonds is 7. The molecule has 2 N–H and O–H groups in total. The lowest BCUT2D eigenvalue weighted by atomic mass is 9.98. The molecular formula is C21H25N5O4. The molecule has 158 valence electrons. The summed E-state index contributed by atoms with van der Waals surface area (Å²) in [4.78, 5) is 4.46. The van der Waals surface area contributed by atoms with Gasteiger partial charge in [0.25, 0.3) is 5.88 Å². The van der Waals surface area contributed by atoms with E-state index in [4.69, 9.17) is 9.26 Å². The SMILES string of the molecule is CCCOc1ncc(-c2cc(O)no2)cc1C1=Cc2c(CCC)nn(C)c2[NH+]([O-])C1. The molecule has 0 spiro atoms. The smallest absolute Gasteiger partial charge is 0.252 e. The number of aromatic nitrogens is 4. The van der Waals surface area contributed by atoms with Crippen molar-refractivity contribution in [2.45, 2.75) is 33.1 Å². The second-order valence-electron chi connectivity index (χ2n) is 7.33. The van der Waals surface area contributed by atoms with E-state index in [2.05, 4.69) is 22.2 Å². The maximum absolute atomic E-state index is 13.0. The topological polar surface area (TPSA) is 114 Å². The molecule has 0 radical (unpaired) electrons. The van der Waals surface area contributed by atoms with E-state index in [0.29, 0.717) is 29.6 Å². The number of ether oxygens (including phenoxy) is 1. The molecule has 0 aromatic carbocycles. The van der Waals surface area contributed by atoms with Crippen LogP contribution in [0, 0.1) is 5.21 Å². The van der Waals surface area contributed by atoms with Crippen LogP contribution in [0.2, 0.25) is 0 Å². The molecule has 9 heteroatoms. The molecule has 0 fully saturated rings. The van der Waals surface area contributed by atoms with Gasteiger partial charge in [-0.1, -0.05) is 20.3 Å². The monoisotopic (exact) mass is 411 g/mol. The van der Waals surface area contributed by atoms with E-state index in [1.807, 2.05) is 26.1 Å². The predicted molar refractivity (Wildman–Crippen MR) is 111 cm³/mol. The lowest BCUT2D eigenvalue weighted by Gasteiger charge is -2.27. The van der Waals surface area contributed by atoms with E-state index in [1.54, 1.807) is 10.9 Å². The van der Waals surface area contributed by atoms with Crippen LogP contribution in [-0.4, -0.2) is 38.2 Å². The van der Waals surface area contributed by atoms with Crippen LogP contribution in [0.15, 0.2) is 22.9 Å². The Kier molecular flexibility index (Phi) is 5.56. The number of hydrogen-bond donors (Lipinski definition) is 2. The molecule has 1 atom stereocenters. The largest absolute Gasteiger partial charge is 0.627 e. The first-order valence-corrected chi connectivity index (χ1v) is 10.1. The van der Waals surface area contributed by atoms with Crippen LogP contribution in [0.3, 0.4) is 0 Å². The Labute approximate surface area is 174 Å². The minimum Gasteiger partial charge on any atom is -0.627 e. The first-order valence-electron chi connectivity index (χ1n) is 10.1. The zero-order chi connectivity index (χ0) is 21.3. The third-order valence-electron chi connectivity index (χ3n) is 5.00. The summed E-state index contributed by atoms with van der Waals surface area (Å²) < 4.78 is 12.7. The first kappa shape index (κ1) is 20.1. The predicted octanol–water partition coefficient (Wildman–Crippen LogP) is 2.49. The quantitative estimate of drug-likeness (QED) is 0.574. The first-order chi connectivity index (χ1) is 14.5. The number of hydroxylamine groups is 1. The molecule has 3 aromatic heterocycles. The van der Waals surface area contributed by atoms with Crippen LogP contribution in [0.5, 0.6) is 11.8 Å². The van der Waals surface area contributed by atoms with Gasteiger partial charge in [0.15, 0.2) is 5.76 Å². The average Bonchev–Trinajstić information content (AvgIpc) is 3.30. The third kappa shape index (κ3) is 3.69. The van der Waals surface area contributed by atoms with Gasteiger partial charge < -0.3 is 24.6 Å². The van der Waals surface area contributed by atoms with Gasteiger partial charge in [-0.15, -0.1) is 0 Å². The van der Waals surface area contributed by atoms with E-state index < -0.39 is 0 Å². The van der Waals surface area contributed by atoms with Crippen molar-refractivity contribution in [2.75, 3.05) is 13.2 Å². The summed E-state index contributed by atoms with van der Waals surface area (Å²) in [6, 6.07) is 3.28. The van der Waals surface area contributed by atoms with Crippen molar-refractivity contribution < 1.29 is 19.4 Å². The van der Waals surface area contributed by atoms with Crippen molar-refractivity contribution in [3.05, 3.63) is 40.4 Å². The van der Waals surface area contributed by atoms with Crippen molar-refractivity contribution in [3.8, 4) is 23.1 Å². The van der Waals surface area contributed by atoms with Crippen molar-refractivity contribution in [2.24, 2.45) is 7.05 Å². The molecule has 0 bridgehead atoms. The fourth-order valence-electron chi connectivity index (χ4n) is 3.69. The number of quaternary nitrogens is 1. The number of aryl methyl sites for hydroxylation is 2. The Morgan fingerprint density at radius 1 is 1.30 bits per heavy atom. The van der Waals surface area contributed by atoms with Gasteiger partial charge in [0.05, 0.1) is 17.9 Å². The molecule has 4 heterocycles. The lowest BCUT2D eigenvalue weighted by Crippen LogP contribution is -3.03. The summed E-state index contributed by atoms with van der Waals surface area (Å²) in [5, 5.41) is 30.6. The van der Waals surface area contributed by atoms with Crippen LogP contribution < -0.4 is 9.80 Å². The number of hydrogen-bond acceptors (Lipinski definition) is 7. The second kappa shape index (κ2) is 8.29. The molecule has 3 aromatic rings. The van der Waals surface area contributed by atoms with Gasteiger partial charge in [-0.2, -0.15) is 5.10 Å². The van der Waals surface area contributed by atoms with Gasteiger partial charge in [-0.25, -0.2) is 9.67 Å². The van der Waals surface area contributed by atoms with Crippen molar-refractivity contribution >= 4 is 17.5 Å². The fraction of sp³-hybridized carbons (Fsp3) is 0.381. The number of nitrogens with zero attached hydrogens (tertiary/aromatic N) is 4. The standard InChI is InChI=1S/C21H25N5O4/c1-4-6-17-16-9-14(12-26(28)21(16)25(3)23-17)15-8-13(18-10-19(27)24-30-18)11-22-20(15)29-7-5-2/h8-11,26H,4-7,12H2,1-3H3,(H,24,27). The highest BCUT2D eigenvalue weighted by atomic mass is 16.5. The maximum atomic E-state index is 13.0. The minimum atomic E-state index is -0.200. The van der Waals surface area contributed by atoms with Crippen molar-refractivity contribution in [1.29, 1.82) is 0 Å². The molecule has 4 rings (SSSR count). The van der Waals surface area contributed by atoms with Crippen LogP contribution in [-0.2, 0) is 13.5 Å². The number of pyridine rings is 1. The summed E-state index contributed by atoms with van der Waals surface area (Å²) >= 11 is 0. The Balaban J connectivity index is 1.83. The summed E-state index contributed by atoms with van der Waals surface area (Å²) in [6.45, 7) is 4.86. The molecule has 30 heavy (non-hydrogen) atoms. The molecule has 0 saturated heterocycles. The van der Waals surface area contributed by atoms with Gasteiger partial charge in [-0.05, 0) is 30.1 Å². The fourth-order valence-corrected chi connectivity index (χ4v) is 3.69. The van der Waals surface area contributed by atoms with Gasteiger partial charge in [0.2, 0.25) is 11.7 Å². The van der Waals surface area contributed by atoms with Crippen molar-refractivity contribution in [3.63, 3.8) is 0 Å². The normalized spacial score (nSPS) is 15.7. The van der Waals surface area contributed by atoms with Gasteiger partial charge >= 0.3 is 0 Å². The van der Waals surface area contributed by atoms with Crippen LogP contribution in [0.4, 0.5) is 5.82 Å². The third-order valence-corrected chi connectivity index (χ3v) is 5.00. The summed E-state index contributed by atoms with van der Waals surface area (Å²) in [5.41, 5.74) is 3.97. The summed E-state index contributed by atoms with van der Waals surface area (Å²) in [5.74, 6) is 1.30. The summed E-state index contributed by atoms with van der Waals surface area (Å²) in [7, 11) is 1.81. The van der Waals surface area contributed by atoms with Gasteiger partial charge in [0, 0.05) is 36.0 Å². The Bertz CT molecular complexity index is 1090. The number of fused-ring (bicyclic) bond motifs is 1. The molecule has 0 saturated carbocycles. The number of aromatic hydroxyl groups is 1. The van der Waals surface area contributed by atoms with E-state index in [9.17, 15) is 10.3 Å². The highest BCUT2D eigenvalue weighted by Gasteiger charge is 2.28. The van der Waals surface area contributed by atoms with E-state index >= 15 is 0 Å². The lowest BCUT2D eigenvalue weighted by molar-refractivity contribution is -0.771. The van der Waals surface area contributed by atoms with E-state index in [0.717, 1.165) is 41.7 Å². The Hall–Kier alpha value is -3.17. The van der Waals surface area contributed by atoms with Gasteiger partial charge in [0.1, 0.15) is 6.54 Å². The van der Waals surface area contributed by atoms with Crippen LogP contribution in [0.1, 0.15) is 43.5 Å². The molecular weight excluding hydrogens is 386 g/mol. The van der Waals surface area contributed by atoms with Crippen LogP contribution >= 0.6 is 0 Å². The van der Waals surface area contributed by atoms with E-state index in [1.165, 1.54) is 6.07 Å². The highest BCUT2D eigenvalue weighted by molar-refractivity contribution is 5.88. The number of nitrogens with one attached hydrogen (secondary N) is 1. The Morgan fingerprint density at radius 2 is 2.13 bits per heavy atom. The Morgan fingerprint density at radius 3 is 2.83 bits per heavy atom. The molecule has 0 amide bonds. The van der Waals surface area contributed by atoms with Crippen molar-refractivity contribution in [1.82, 2.24) is 19.9 Å². The van der Waals surface area contributed by atoms with Gasteiger partial charge in [-0.3, -0.25) is 0 Å². The second-order valence-corrected chi connectivity index (χ2v) is 7.33. The molecule has 1 aliphatic rings. The van der Waals surface area contributed by atoms with E-state index in [-0.39, 0.29) is 17.5 Å². The molecule has 0 aliphatic carbocycles. The van der Waals surface area contributed by atoms with Crippen LogP contribution in [0.25, 0.3) is 23.0 Å². The maximum Gasteiger partial charge on any atom is 0.252 e.